The SMILES string of the molecule is O=C1Nc2ccccc2/C1=C/c1cc(Br)c(OCc2ccc([N+](=O)[O-])cc2)c(Br)c1. The molecule has 8 heteroatoms. The van der Waals surface area contributed by atoms with Crippen LogP contribution in [0.4, 0.5) is 11.4 Å². The molecule has 0 radical (unpaired) electrons. The molecule has 0 saturated heterocycles. The fourth-order valence-electron chi connectivity index (χ4n) is 3.12. The lowest BCUT2D eigenvalue weighted by Gasteiger charge is -2.12. The van der Waals surface area contributed by atoms with Gasteiger partial charge in [0, 0.05) is 29.0 Å². The summed E-state index contributed by atoms with van der Waals surface area (Å²) in [5.41, 5.74) is 3.95. The molecule has 0 fully saturated rings. The van der Waals surface area contributed by atoms with Gasteiger partial charge in [-0.1, -0.05) is 18.2 Å². The highest BCUT2D eigenvalue weighted by Gasteiger charge is 2.23. The fourth-order valence-corrected chi connectivity index (χ4v) is 4.57. The van der Waals surface area contributed by atoms with Gasteiger partial charge in [-0.2, -0.15) is 0 Å². The van der Waals surface area contributed by atoms with E-state index in [-0.39, 0.29) is 18.2 Å². The number of nitro groups is 1. The number of non-ortho nitro benzene ring substituents is 1. The number of carbonyl (C=O) groups excluding carboxylic acids is 1. The lowest BCUT2D eigenvalue weighted by atomic mass is 10.0. The number of nitro benzene ring substituents is 1. The van der Waals surface area contributed by atoms with Crippen LogP contribution in [-0.2, 0) is 11.4 Å². The molecule has 0 unspecified atom stereocenters. The smallest absolute Gasteiger partial charge is 0.269 e. The number of rotatable bonds is 5. The highest BCUT2D eigenvalue weighted by Crippen LogP contribution is 2.38. The molecule has 3 aromatic rings. The first-order valence-electron chi connectivity index (χ1n) is 8.90. The Bertz CT molecular complexity index is 1170. The van der Waals surface area contributed by atoms with Crippen molar-refractivity contribution in [1.29, 1.82) is 0 Å². The zero-order valence-electron chi connectivity index (χ0n) is 15.4. The third-order valence-corrected chi connectivity index (χ3v) is 5.75. The number of fused-ring (bicyclic) bond motifs is 1. The van der Waals surface area contributed by atoms with E-state index in [2.05, 4.69) is 37.2 Å². The van der Waals surface area contributed by atoms with E-state index in [1.165, 1.54) is 12.1 Å². The number of nitrogens with one attached hydrogen (secondary N) is 1. The minimum Gasteiger partial charge on any atom is -0.487 e. The van der Waals surface area contributed by atoms with Gasteiger partial charge in [0.2, 0.25) is 0 Å². The number of carbonyl (C=O) groups is 1. The Hall–Kier alpha value is -2.97. The van der Waals surface area contributed by atoms with Gasteiger partial charge in [-0.15, -0.1) is 0 Å². The molecule has 0 atom stereocenters. The summed E-state index contributed by atoms with van der Waals surface area (Å²) in [6.45, 7) is 0.255. The van der Waals surface area contributed by atoms with Gasteiger partial charge in [0.15, 0.2) is 0 Å². The van der Waals surface area contributed by atoms with Crippen molar-refractivity contribution in [2.24, 2.45) is 0 Å². The lowest BCUT2D eigenvalue weighted by molar-refractivity contribution is -0.384. The molecule has 6 nitrogen and oxygen atoms in total. The Morgan fingerprint density at radius 3 is 2.37 bits per heavy atom. The third kappa shape index (κ3) is 4.15. The Kier molecular flexibility index (Phi) is 5.69. The van der Waals surface area contributed by atoms with Crippen molar-refractivity contribution in [1.82, 2.24) is 0 Å². The molecule has 0 aromatic heterocycles. The Labute approximate surface area is 189 Å². The Balaban J connectivity index is 1.55. The van der Waals surface area contributed by atoms with E-state index in [0.29, 0.717) is 11.3 Å². The van der Waals surface area contributed by atoms with Crippen LogP contribution in [0.1, 0.15) is 16.7 Å². The first-order chi connectivity index (χ1) is 14.4. The number of ether oxygens (including phenoxy) is 1. The van der Waals surface area contributed by atoms with Gasteiger partial charge in [0.1, 0.15) is 12.4 Å². The van der Waals surface area contributed by atoms with E-state index in [0.717, 1.165) is 31.3 Å². The summed E-state index contributed by atoms with van der Waals surface area (Å²) in [6.07, 6.45) is 1.83. The van der Waals surface area contributed by atoms with Crippen molar-refractivity contribution in [2.75, 3.05) is 5.32 Å². The highest BCUT2D eigenvalue weighted by atomic mass is 79.9. The summed E-state index contributed by atoms with van der Waals surface area (Å²) in [5, 5.41) is 13.6. The maximum atomic E-state index is 12.3. The van der Waals surface area contributed by atoms with Gasteiger partial charge < -0.3 is 10.1 Å². The molecule has 30 heavy (non-hydrogen) atoms. The second kappa shape index (κ2) is 8.41. The number of para-hydroxylation sites is 1. The summed E-state index contributed by atoms with van der Waals surface area (Å²) in [7, 11) is 0. The molecule has 3 aromatic carbocycles. The van der Waals surface area contributed by atoms with Crippen molar-refractivity contribution in [3.63, 3.8) is 0 Å². The molecule has 0 spiro atoms. The van der Waals surface area contributed by atoms with E-state index in [4.69, 9.17) is 4.74 Å². The van der Waals surface area contributed by atoms with Gasteiger partial charge in [0.25, 0.3) is 11.6 Å². The molecule has 1 aliphatic rings. The minimum absolute atomic E-state index is 0.0380. The van der Waals surface area contributed by atoms with E-state index in [9.17, 15) is 14.9 Å². The van der Waals surface area contributed by atoms with Crippen molar-refractivity contribution < 1.29 is 14.5 Å². The molecule has 150 valence electrons. The number of benzene rings is 3. The molecule has 1 heterocycles. The summed E-state index contributed by atoms with van der Waals surface area (Å²) in [5.74, 6) is 0.466. The number of hydrogen-bond acceptors (Lipinski definition) is 4. The fraction of sp³-hybridized carbons (Fsp3) is 0.0455. The van der Waals surface area contributed by atoms with E-state index >= 15 is 0 Å². The van der Waals surface area contributed by atoms with E-state index < -0.39 is 4.92 Å². The van der Waals surface area contributed by atoms with E-state index in [1.54, 1.807) is 12.1 Å². The Morgan fingerprint density at radius 2 is 1.70 bits per heavy atom. The Morgan fingerprint density at radius 1 is 1.03 bits per heavy atom. The van der Waals surface area contributed by atoms with Crippen molar-refractivity contribution in [2.45, 2.75) is 6.61 Å². The molecule has 4 rings (SSSR count). The van der Waals surface area contributed by atoms with Crippen LogP contribution in [0.5, 0.6) is 5.75 Å². The van der Waals surface area contributed by atoms with Gasteiger partial charge >= 0.3 is 0 Å². The van der Waals surface area contributed by atoms with Crippen LogP contribution in [0, 0.1) is 10.1 Å². The number of nitrogens with zero attached hydrogens (tertiary/aromatic N) is 1. The average molecular weight is 530 g/mol. The van der Waals surface area contributed by atoms with Crippen molar-refractivity contribution in [3.8, 4) is 5.75 Å². The quantitative estimate of drug-likeness (QED) is 0.242. The molecule has 1 N–H and O–H groups in total. The minimum atomic E-state index is -0.436. The predicted molar refractivity (Wildman–Crippen MR) is 122 cm³/mol. The van der Waals surface area contributed by atoms with Crippen LogP contribution in [0.2, 0.25) is 0 Å². The molecule has 0 bridgehead atoms. The maximum Gasteiger partial charge on any atom is 0.269 e. The summed E-state index contributed by atoms with van der Waals surface area (Å²) in [4.78, 5) is 22.6. The zero-order valence-corrected chi connectivity index (χ0v) is 18.6. The maximum absolute atomic E-state index is 12.3. The van der Waals surface area contributed by atoms with Crippen LogP contribution in [0.3, 0.4) is 0 Å². The van der Waals surface area contributed by atoms with Crippen LogP contribution < -0.4 is 10.1 Å². The topological polar surface area (TPSA) is 81.5 Å². The zero-order chi connectivity index (χ0) is 21.3. The monoisotopic (exact) mass is 528 g/mol. The second-order valence-corrected chi connectivity index (χ2v) is 8.29. The molecular formula is C22H14Br2N2O4. The highest BCUT2D eigenvalue weighted by molar-refractivity contribution is 9.11. The predicted octanol–water partition coefficient (Wildman–Crippen LogP) is 6.19. The third-order valence-electron chi connectivity index (χ3n) is 4.57. The molecule has 0 aliphatic carbocycles. The normalized spacial score (nSPS) is 13.8. The van der Waals surface area contributed by atoms with Crippen LogP contribution in [-0.4, -0.2) is 10.8 Å². The van der Waals surface area contributed by atoms with Gasteiger partial charge in [-0.25, -0.2) is 0 Å². The average Bonchev–Trinajstić information content (AvgIpc) is 3.03. The molecule has 1 aliphatic heterocycles. The lowest BCUT2D eigenvalue weighted by Crippen LogP contribution is -2.03. The van der Waals surface area contributed by atoms with Gasteiger partial charge in [-0.05, 0) is 79.4 Å². The van der Waals surface area contributed by atoms with Crippen LogP contribution in [0.15, 0.2) is 69.6 Å². The number of anilines is 1. The molecule has 1 amide bonds. The van der Waals surface area contributed by atoms with Crippen molar-refractivity contribution in [3.05, 3.63) is 96.4 Å². The summed E-state index contributed by atoms with van der Waals surface area (Å²) >= 11 is 7.05. The van der Waals surface area contributed by atoms with Gasteiger partial charge in [-0.3, -0.25) is 14.9 Å². The van der Waals surface area contributed by atoms with Crippen LogP contribution >= 0.6 is 31.9 Å². The van der Waals surface area contributed by atoms with Crippen LogP contribution in [0.25, 0.3) is 11.6 Å². The summed E-state index contributed by atoms with van der Waals surface area (Å²) < 4.78 is 7.33. The second-order valence-electron chi connectivity index (χ2n) is 6.58. The number of hydrogen-bond donors (Lipinski definition) is 1. The summed E-state index contributed by atoms with van der Waals surface area (Å²) in [6, 6.07) is 17.5. The van der Waals surface area contributed by atoms with Crippen molar-refractivity contribution >= 4 is 60.8 Å². The molecule has 0 saturated carbocycles. The largest absolute Gasteiger partial charge is 0.487 e. The molecular weight excluding hydrogens is 516 g/mol. The first-order valence-corrected chi connectivity index (χ1v) is 10.5. The number of amides is 1. The number of halogens is 2. The standard InChI is InChI=1S/C22H14Br2N2O4/c23-18-10-14(9-17-16-3-1-2-4-20(16)25-22(17)27)11-19(24)21(18)30-12-13-5-7-15(8-6-13)26(28)29/h1-11H,12H2,(H,25,27)/b17-9-. The van der Waals surface area contributed by atoms with E-state index in [1.807, 2.05) is 42.5 Å². The first kappa shape index (κ1) is 20.3. The van der Waals surface area contributed by atoms with Gasteiger partial charge in [0.05, 0.1) is 13.9 Å².